The minimum atomic E-state index is -0.983. The van der Waals surface area contributed by atoms with Gasteiger partial charge in [0.2, 0.25) is 0 Å². The van der Waals surface area contributed by atoms with Crippen molar-refractivity contribution in [2.24, 2.45) is 0 Å². The molecule has 130 valence electrons. The maximum absolute atomic E-state index is 11.2. The minimum Gasteiger partial charge on any atom is -0.485 e. The number of benzene rings is 1. The predicted molar refractivity (Wildman–Crippen MR) is 81.3 cm³/mol. The van der Waals surface area contributed by atoms with Gasteiger partial charge in [0, 0.05) is 11.8 Å². The number of rotatable bonds is 8. The van der Waals surface area contributed by atoms with Gasteiger partial charge >= 0.3 is 11.7 Å². The number of ether oxygens (including phenoxy) is 1. The van der Waals surface area contributed by atoms with Crippen molar-refractivity contribution in [3.63, 3.8) is 0 Å². The smallest absolute Gasteiger partial charge is 0.321 e. The van der Waals surface area contributed by atoms with E-state index >= 15 is 0 Å². The molecule has 0 aromatic heterocycles. The normalized spacial score (nSPS) is 19.7. The Balaban J connectivity index is 2.08. The summed E-state index contributed by atoms with van der Waals surface area (Å²) < 4.78 is 5.13. The number of nitro groups is 1. The van der Waals surface area contributed by atoms with Crippen molar-refractivity contribution in [2.45, 2.75) is 11.4 Å². The molecule has 1 aliphatic rings. The number of carbonyl (C=O) groups is 1. The second-order valence-corrected chi connectivity index (χ2v) is 5.80. The van der Waals surface area contributed by atoms with Crippen LogP contribution in [-0.4, -0.2) is 46.1 Å². The maximum atomic E-state index is 11.2. The fourth-order valence-corrected chi connectivity index (χ4v) is 3.26. The van der Waals surface area contributed by atoms with Crippen LogP contribution in [0.2, 0.25) is 0 Å². The largest absolute Gasteiger partial charge is 0.485 e. The van der Waals surface area contributed by atoms with Crippen LogP contribution in [0.15, 0.2) is 18.2 Å². The van der Waals surface area contributed by atoms with Gasteiger partial charge < -0.3 is 14.7 Å². The van der Waals surface area contributed by atoms with Gasteiger partial charge in [-0.05, 0) is 11.6 Å². The summed E-state index contributed by atoms with van der Waals surface area (Å²) in [6, 6.07) is 3.52. The molecule has 12 heteroatoms. The van der Waals surface area contributed by atoms with E-state index in [0.717, 1.165) is 0 Å². The monoisotopic (exact) mass is 359 g/mol. The molecule has 2 rings (SSSR count). The molecule has 1 saturated heterocycles. The lowest BCUT2D eigenvalue weighted by Crippen LogP contribution is -2.33. The van der Waals surface area contributed by atoms with Crippen LogP contribution in [0.4, 0.5) is 5.69 Å². The Morgan fingerprint density at radius 2 is 2.12 bits per heavy atom. The number of nitro benzene ring substituents is 1. The molecule has 1 aliphatic heterocycles. The standard InChI is InChI=1S/C12H13N3O8S/c16-12(17)8-6-24-11(13-8)7-1-2-10(9(5-7)14(18)19)22-3-4-23-15(20)21/h1-2,5,8,11,13H,3-4,6H2,(H,16,17). The summed E-state index contributed by atoms with van der Waals surface area (Å²) in [4.78, 5) is 35.6. The van der Waals surface area contributed by atoms with Crippen LogP contribution in [0, 0.1) is 20.2 Å². The van der Waals surface area contributed by atoms with E-state index < -0.39 is 22.0 Å². The minimum absolute atomic E-state index is 0.0477. The van der Waals surface area contributed by atoms with E-state index in [1.165, 1.54) is 23.9 Å². The number of nitrogens with zero attached hydrogens (tertiary/aromatic N) is 2. The molecule has 2 unspecified atom stereocenters. The van der Waals surface area contributed by atoms with Crippen molar-refractivity contribution in [1.82, 2.24) is 5.32 Å². The first-order chi connectivity index (χ1) is 11.4. The van der Waals surface area contributed by atoms with Crippen LogP contribution in [0.25, 0.3) is 0 Å². The summed E-state index contributed by atoms with van der Waals surface area (Å²) >= 11 is 1.33. The van der Waals surface area contributed by atoms with Gasteiger partial charge in [-0.15, -0.1) is 21.9 Å². The lowest BCUT2D eigenvalue weighted by atomic mass is 10.1. The molecule has 2 atom stereocenters. The molecular formula is C12H13N3O8S. The molecule has 0 aliphatic carbocycles. The Labute approximate surface area is 139 Å². The lowest BCUT2D eigenvalue weighted by molar-refractivity contribution is -0.757. The highest BCUT2D eigenvalue weighted by molar-refractivity contribution is 7.99. The van der Waals surface area contributed by atoms with Crippen molar-refractivity contribution in [2.75, 3.05) is 19.0 Å². The molecule has 11 nitrogen and oxygen atoms in total. The van der Waals surface area contributed by atoms with Crippen molar-refractivity contribution in [3.8, 4) is 5.75 Å². The van der Waals surface area contributed by atoms with Gasteiger partial charge in [-0.25, -0.2) is 0 Å². The third kappa shape index (κ3) is 4.45. The Hall–Kier alpha value is -2.60. The molecule has 0 amide bonds. The van der Waals surface area contributed by atoms with E-state index in [2.05, 4.69) is 10.2 Å². The SMILES string of the molecule is O=C(O)C1CSC(c2ccc(OCCO[N+](=O)[O-])c([N+](=O)[O-])c2)N1. The first kappa shape index (κ1) is 17.7. The Bertz CT molecular complexity index is 655. The molecule has 0 spiro atoms. The topological polar surface area (TPSA) is 154 Å². The third-order valence-electron chi connectivity index (χ3n) is 3.10. The van der Waals surface area contributed by atoms with Crippen LogP contribution in [0.5, 0.6) is 5.75 Å². The number of hydrogen-bond donors (Lipinski definition) is 2. The van der Waals surface area contributed by atoms with Crippen LogP contribution < -0.4 is 10.1 Å². The molecule has 0 radical (unpaired) electrons. The Morgan fingerprint density at radius 1 is 1.38 bits per heavy atom. The summed E-state index contributed by atoms with van der Waals surface area (Å²) in [6.07, 6.45) is 0. The number of carboxylic acid groups (broad SMARTS) is 1. The van der Waals surface area contributed by atoms with Gasteiger partial charge in [0.25, 0.3) is 5.09 Å². The number of hydrogen-bond acceptors (Lipinski definition) is 9. The average Bonchev–Trinajstić information content (AvgIpc) is 3.01. The molecule has 0 bridgehead atoms. The average molecular weight is 359 g/mol. The summed E-state index contributed by atoms with van der Waals surface area (Å²) in [5.41, 5.74) is 0.235. The van der Waals surface area contributed by atoms with Crippen molar-refractivity contribution >= 4 is 23.4 Å². The van der Waals surface area contributed by atoms with Gasteiger partial charge in [0.1, 0.15) is 19.3 Å². The highest BCUT2D eigenvalue weighted by Crippen LogP contribution is 2.37. The number of nitrogens with one attached hydrogen (secondary N) is 1. The molecule has 1 aromatic carbocycles. The molecule has 1 heterocycles. The molecule has 2 N–H and O–H groups in total. The van der Waals surface area contributed by atoms with Crippen LogP contribution in [0.1, 0.15) is 10.9 Å². The second-order valence-electron chi connectivity index (χ2n) is 4.66. The lowest BCUT2D eigenvalue weighted by Gasteiger charge is -2.13. The Morgan fingerprint density at radius 3 is 2.71 bits per heavy atom. The molecule has 1 aromatic rings. The summed E-state index contributed by atoms with van der Waals surface area (Å²) in [7, 11) is 0. The highest BCUT2D eigenvalue weighted by Gasteiger charge is 2.31. The third-order valence-corrected chi connectivity index (χ3v) is 4.37. The second kappa shape index (κ2) is 7.79. The highest BCUT2D eigenvalue weighted by atomic mass is 32.2. The van der Waals surface area contributed by atoms with E-state index in [1.54, 1.807) is 6.07 Å². The first-order valence-corrected chi connectivity index (χ1v) is 7.72. The quantitative estimate of drug-likeness (QED) is 0.389. The fourth-order valence-electron chi connectivity index (χ4n) is 2.03. The summed E-state index contributed by atoms with van der Waals surface area (Å²) in [5.74, 6) is -0.677. The van der Waals surface area contributed by atoms with Crippen molar-refractivity contribution in [1.29, 1.82) is 0 Å². The molecule has 1 fully saturated rings. The van der Waals surface area contributed by atoms with Crippen LogP contribution in [-0.2, 0) is 9.63 Å². The predicted octanol–water partition coefficient (Wildman–Crippen LogP) is 0.970. The zero-order valence-electron chi connectivity index (χ0n) is 12.1. The Kier molecular flexibility index (Phi) is 5.76. The van der Waals surface area contributed by atoms with E-state index in [-0.39, 0.29) is 30.0 Å². The van der Waals surface area contributed by atoms with E-state index in [9.17, 15) is 25.0 Å². The van der Waals surface area contributed by atoms with Gasteiger partial charge in [-0.2, -0.15) is 0 Å². The number of carboxylic acids is 1. The van der Waals surface area contributed by atoms with Crippen molar-refractivity contribution in [3.05, 3.63) is 44.0 Å². The van der Waals surface area contributed by atoms with Crippen molar-refractivity contribution < 1.29 is 29.5 Å². The van der Waals surface area contributed by atoms with Gasteiger partial charge in [-0.1, -0.05) is 6.07 Å². The van der Waals surface area contributed by atoms with Crippen LogP contribution in [0.3, 0.4) is 0 Å². The van der Waals surface area contributed by atoms with E-state index in [0.29, 0.717) is 11.3 Å². The summed E-state index contributed by atoms with van der Waals surface area (Å²) in [5, 5.41) is 31.6. The summed E-state index contributed by atoms with van der Waals surface area (Å²) in [6.45, 7) is -0.578. The first-order valence-electron chi connectivity index (χ1n) is 6.67. The van der Waals surface area contributed by atoms with Gasteiger partial charge in [-0.3, -0.25) is 20.2 Å². The zero-order chi connectivity index (χ0) is 17.7. The number of thioether (sulfide) groups is 1. The van der Waals surface area contributed by atoms with E-state index in [4.69, 9.17) is 9.84 Å². The van der Waals surface area contributed by atoms with Gasteiger partial charge in [0.05, 0.1) is 10.3 Å². The molecular weight excluding hydrogens is 346 g/mol. The maximum Gasteiger partial charge on any atom is 0.321 e. The number of aliphatic carboxylic acids is 1. The van der Waals surface area contributed by atoms with Gasteiger partial charge in [0.15, 0.2) is 5.75 Å². The zero-order valence-corrected chi connectivity index (χ0v) is 12.9. The fraction of sp³-hybridized carbons (Fsp3) is 0.417. The molecule has 0 saturated carbocycles. The van der Waals surface area contributed by atoms with Crippen LogP contribution >= 0.6 is 11.8 Å². The molecule has 24 heavy (non-hydrogen) atoms. The van der Waals surface area contributed by atoms with E-state index in [1.807, 2.05) is 0 Å².